The minimum Gasteiger partial charge on any atom is -0.345 e. The molecule has 0 bridgehead atoms. The number of fused-ring (bicyclic) bond motifs is 3. The Morgan fingerprint density at radius 2 is 2.12 bits per heavy atom. The number of aryl methyl sites for hydroxylation is 1. The molecule has 2 N–H and O–H groups in total. The predicted octanol–water partition coefficient (Wildman–Crippen LogP) is 3.30. The molecule has 2 aliphatic heterocycles. The topological polar surface area (TPSA) is 91.7 Å². The molecule has 6 heterocycles. The lowest BCUT2D eigenvalue weighted by molar-refractivity contribution is 0.206. The van der Waals surface area contributed by atoms with E-state index in [1.807, 2.05) is 42.4 Å². The number of nitrogens with one attached hydrogen (secondary N) is 2. The van der Waals surface area contributed by atoms with E-state index in [1.54, 1.807) is 6.20 Å². The molecule has 0 aliphatic carbocycles. The molecular formula is C26H25N7O. The molecule has 170 valence electrons. The number of urea groups is 1. The summed E-state index contributed by atoms with van der Waals surface area (Å²) in [6.45, 7) is 4.99. The van der Waals surface area contributed by atoms with Crippen molar-refractivity contribution in [2.75, 3.05) is 19.6 Å². The van der Waals surface area contributed by atoms with Crippen LogP contribution in [0.4, 0.5) is 4.79 Å². The highest BCUT2D eigenvalue weighted by Crippen LogP contribution is 2.43. The van der Waals surface area contributed by atoms with Crippen LogP contribution in [-0.2, 0) is 12.0 Å². The van der Waals surface area contributed by atoms with E-state index in [9.17, 15) is 4.79 Å². The van der Waals surface area contributed by atoms with Gasteiger partial charge in [-0.2, -0.15) is 5.10 Å². The Kier molecular flexibility index (Phi) is 4.84. The molecule has 6 rings (SSSR count). The fourth-order valence-corrected chi connectivity index (χ4v) is 5.14. The molecule has 2 aliphatic rings. The van der Waals surface area contributed by atoms with Crippen molar-refractivity contribution in [3.05, 3.63) is 65.9 Å². The van der Waals surface area contributed by atoms with Gasteiger partial charge in [0.1, 0.15) is 11.3 Å². The van der Waals surface area contributed by atoms with Gasteiger partial charge in [0.05, 0.1) is 11.3 Å². The number of nitrogens with zero attached hydrogens (tertiary/aromatic N) is 5. The molecule has 1 saturated heterocycles. The summed E-state index contributed by atoms with van der Waals surface area (Å²) >= 11 is 0. The molecule has 8 heteroatoms. The summed E-state index contributed by atoms with van der Waals surface area (Å²) in [5.74, 6) is 6.33. The number of hydrogen-bond acceptors (Lipinski definition) is 4. The van der Waals surface area contributed by atoms with Gasteiger partial charge in [-0.15, -0.1) is 0 Å². The molecule has 0 aromatic carbocycles. The number of carbonyl (C=O) groups is 1. The average Bonchev–Trinajstić information content (AvgIpc) is 3.64. The van der Waals surface area contributed by atoms with Crippen molar-refractivity contribution in [2.24, 2.45) is 0 Å². The van der Waals surface area contributed by atoms with Crippen molar-refractivity contribution in [1.82, 2.24) is 34.9 Å². The Morgan fingerprint density at radius 1 is 1.21 bits per heavy atom. The summed E-state index contributed by atoms with van der Waals surface area (Å²) in [5, 5.41) is 8.79. The van der Waals surface area contributed by atoms with E-state index in [0.29, 0.717) is 6.54 Å². The number of likely N-dealkylation sites (tertiary alicyclic amines) is 1. The van der Waals surface area contributed by atoms with E-state index in [4.69, 9.17) is 5.10 Å². The number of aromatic nitrogens is 5. The quantitative estimate of drug-likeness (QED) is 0.458. The summed E-state index contributed by atoms with van der Waals surface area (Å²) in [6.07, 6.45) is 7.47. The lowest BCUT2D eigenvalue weighted by atomic mass is 9.82. The second-order valence-electron chi connectivity index (χ2n) is 8.96. The zero-order chi connectivity index (χ0) is 23.1. The number of pyridine rings is 2. The van der Waals surface area contributed by atoms with Crippen LogP contribution in [0.2, 0.25) is 0 Å². The van der Waals surface area contributed by atoms with Gasteiger partial charge in [0.15, 0.2) is 0 Å². The number of rotatable bonds is 2. The van der Waals surface area contributed by atoms with Gasteiger partial charge in [0.2, 0.25) is 0 Å². The maximum atomic E-state index is 12.4. The summed E-state index contributed by atoms with van der Waals surface area (Å²) in [7, 11) is 0. The van der Waals surface area contributed by atoms with Crippen LogP contribution in [0.25, 0.3) is 22.3 Å². The third kappa shape index (κ3) is 3.41. The molecule has 2 amide bonds. The van der Waals surface area contributed by atoms with Crippen molar-refractivity contribution >= 4 is 17.1 Å². The van der Waals surface area contributed by atoms with Crippen LogP contribution in [0, 0.1) is 11.8 Å². The average molecular weight is 452 g/mol. The van der Waals surface area contributed by atoms with Crippen LogP contribution in [0.15, 0.2) is 48.9 Å². The third-order valence-electron chi connectivity index (χ3n) is 6.91. The van der Waals surface area contributed by atoms with Gasteiger partial charge in [-0.05, 0) is 50.0 Å². The fourth-order valence-electron chi connectivity index (χ4n) is 5.14. The van der Waals surface area contributed by atoms with Gasteiger partial charge in [-0.1, -0.05) is 12.0 Å². The first kappa shape index (κ1) is 20.5. The lowest BCUT2D eigenvalue weighted by Crippen LogP contribution is -2.40. The molecule has 1 fully saturated rings. The summed E-state index contributed by atoms with van der Waals surface area (Å²) < 4.78 is 2.11. The molecule has 1 spiro atoms. The fraction of sp³-hybridized carbons (Fsp3) is 0.308. The van der Waals surface area contributed by atoms with E-state index in [1.165, 1.54) is 5.69 Å². The molecule has 8 nitrogen and oxygen atoms in total. The van der Waals surface area contributed by atoms with E-state index in [2.05, 4.69) is 48.9 Å². The Balaban J connectivity index is 1.31. The molecule has 4 aromatic heterocycles. The first-order chi connectivity index (χ1) is 16.6. The zero-order valence-corrected chi connectivity index (χ0v) is 19.0. The van der Waals surface area contributed by atoms with Gasteiger partial charge in [0, 0.05) is 66.8 Å². The van der Waals surface area contributed by atoms with Crippen LogP contribution >= 0.6 is 0 Å². The first-order valence-electron chi connectivity index (χ1n) is 11.7. The summed E-state index contributed by atoms with van der Waals surface area (Å²) in [4.78, 5) is 26.4. The minimum absolute atomic E-state index is 0.0126. The van der Waals surface area contributed by atoms with Crippen molar-refractivity contribution in [1.29, 1.82) is 0 Å². The van der Waals surface area contributed by atoms with Crippen LogP contribution in [0.5, 0.6) is 0 Å². The lowest BCUT2D eigenvalue weighted by Gasteiger charge is -2.23. The number of hydrogen-bond donors (Lipinski definition) is 2. The Hall–Kier alpha value is -4.12. The number of carbonyl (C=O) groups excluding carboxylic acids is 1. The maximum absolute atomic E-state index is 12.4. The van der Waals surface area contributed by atoms with E-state index >= 15 is 0 Å². The van der Waals surface area contributed by atoms with Crippen molar-refractivity contribution in [3.8, 4) is 23.1 Å². The van der Waals surface area contributed by atoms with Crippen LogP contribution < -0.4 is 5.32 Å². The van der Waals surface area contributed by atoms with Gasteiger partial charge >= 0.3 is 6.03 Å². The van der Waals surface area contributed by atoms with E-state index in [-0.39, 0.29) is 11.4 Å². The van der Waals surface area contributed by atoms with E-state index < -0.39 is 0 Å². The summed E-state index contributed by atoms with van der Waals surface area (Å²) in [6, 6.07) is 10.0. The second-order valence-corrected chi connectivity index (χ2v) is 8.96. The molecular weight excluding hydrogens is 426 g/mol. The summed E-state index contributed by atoms with van der Waals surface area (Å²) in [5.41, 5.74) is 5.49. The number of amides is 2. The highest BCUT2D eigenvalue weighted by atomic mass is 16.2. The minimum atomic E-state index is -0.0126. The maximum Gasteiger partial charge on any atom is 0.317 e. The highest BCUT2D eigenvalue weighted by Gasteiger charge is 2.46. The standard InChI is InChI=1S/C26H25N7O/c1-2-27-25(34)32-11-8-26(17-32)9-12-33-23(26)14-22(31-33)19-13-21-18(15-29-24(21)30-16-19)6-7-20-5-3-4-10-28-20/h3-5,10,13-16H,2,8-9,11-12,17H2,1H3,(H,27,34)(H,29,30). The van der Waals surface area contributed by atoms with Crippen LogP contribution in [0.3, 0.4) is 0 Å². The Bertz CT molecular complexity index is 1440. The largest absolute Gasteiger partial charge is 0.345 e. The third-order valence-corrected chi connectivity index (χ3v) is 6.91. The van der Waals surface area contributed by atoms with Gasteiger partial charge in [0.25, 0.3) is 0 Å². The van der Waals surface area contributed by atoms with Gasteiger partial charge in [-0.25, -0.2) is 14.8 Å². The Labute approximate surface area is 197 Å². The molecule has 1 atom stereocenters. The van der Waals surface area contributed by atoms with Crippen molar-refractivity contribution in [3.63, 3.8) is 0 Å². The molecule has 1 unspecified atom stereocenters. The predicted molar refractivity (Wildman–Crippen MR) is 129 cm³/mol. The normalized spacial score (nSPS) is 18.8. The molecule has 34 heavy (non-hydrogen) atoms. The number of H-pyrrole nitrogens is 1. The van der Waals surface area contributed by atoms with Gasteiger partial charge in [-0.3, -0.25) is 4.68 Å². The first-order valence-corrected chi connectivity index (χ1v) is 11.7. The highest BCUT2D eigenvalue weighted by molar-refractivity contribution is 5.86. The Morgan fingerprint density at radius 3 is 2.97 bits per heavy atom. The second kappa shape index (κ2) is 8.03. The molecule has 0 radical (unpaired) electrons. The van der Waals surface area contributed by atoms with E-state index in [0.717, 1.165) is 66.0 Å². The van der Waals surface area contributed by atoms with Crippen LogP contribution in [0.1, 0.15) is 36.7 Å². The van der Waals surface area contributed by atoms with Gasteiger partial charge < -0.3 is 15.2 Å². The van der Waals surface area contributed by atoms with Crippen molar-refractivity contribution in [2.45, 2.75) is 31.7 Å². The molecule has 4 aromatic rings. The van der Waals surface area contributed by atoms with Crippen LogP contribution in [-0.4, -0.2) is 55.3 Å². The molecule has 0 saturated carbocycles. The monoisotopic (exact) mass is 451 g/mol. The van der Waals surface area contributed by atoms with Crippen molar-refractivity contribution < 1.29 is 4.79 Å². The SMILES string of the molecule is CCNC(=O)N1CCC2(CCn3nc(-c4cnc5[nH]cc(C#Cc6ccccn6)c5c4)cc32)C1. The smallest absolute Gasteiger partial charge is 0.317 e. The number of aromatic amines is 1. The zero-order valence-electron chi connectivity index (χ0n) is 19.0.